The third-order valence-corrected chi connectivity index (χ3v) is 3.25. The molecule has 7 heteroatoms. The van der Waals surface area contributed by atoms with Crippen molar-refractivity contribution in [1.82, 2.24) is 14.9 Å². The maximum Gasteiger partial charge on any atom is 0.270 e. The number of rotatable bonds is 5. The van der Waals surface area contributed by atoms with E-state index in [9.17, 15) is 4.79 Å². The zero-order valence-electron chi connectivity index (χ0n) is 11.6. The van der Waals surface area contributed by atoms with Gasteiger partial charge in [0.25, 0.3) is 5.91 Å². The van der Waals surface area contributed by atoms with Crippen molar-refractivity contribution in [3.8, 4) is 5.75 Å². The van der Waals surface area contributed by atoms with E-state index >= 15 is 0 Å². The van der Waals surface area contributed by atoms with E-state index in [-0.39, 0.29) is 5.91 Å². The minimum absolute atomic E-state index is 0.216. The van der Waals surface area contributed by atoms with Gasteiger partial charge in [-0.1, -0.05) is 11.8 Å². The topological polar surface area (TPSA) is 69.0 Å². The average molecular weight is 292 g/mol. The van der Waals surface area contributed by atoms with Gasteiger partial charge in [0.1, 0.15) is 11.6 Å². The van der Waals surface area contributed by atoms with E-state index in [1.165, 1.54) is 11.8 Å². The Morgan fingerprint density at radius 1 is 1.35 bits per heavy atom. The Bertz CT molecular complexity index is 595. The lowest BCUT2D eigenvalue weighted by Crippen LogP contribution is -2.24. The van der Waals surface area contributed by atoms with Gasteiger partial charge in [-0.3, -0.25) is 10.2 Å². The summed E-state index contributed by atoms with van der Waals surface area (Å²) in [5.74, 6) is 1.16. The van der Waals surface area contributed by atoms with Crippen LogP contribution in [0.3, 0.4) is 0 Å². The van der Waals surface area contributed by atoms with Crippen LogP contribution in [-0.2, 0) is 0 Å². The van der Waals surface area contributed by atoms with Crippen molar-refractivity contribution in [3.63, 3.8) is 0 Å². The molecular formula is C13H16N4O2S. The fourth-order valence-corrected chi connectivity index (χ4v) is 2.12. The Labute approximate surface area is 121 Å². The number of nitrogens with one attached hydrogen (secondary N) is 1. The largest absolute Gasteiger partial charge is 0.494 e. The number of carbonyl (C=O) groups is 1. The number of thioether (sulfide) groups is 1. The molecule has 1 amide bonds. The van der Waals surface area contributed by atoms with Gasteiger partial charge < -0.3 is 4.74 Å². The van der Waals surface area contributed by atoms with E-state index in [1.54, 1.807) is 35.9 Å². The molecule has 1 aromatic heterocycles. The van der Waals surface area contributed by atoms with E-state index in [0.717, 1.165) is 5.75 Å². The lowest BCUT2D eigenvalue weighted by Gasteiger charge is -2.09. The molecule has 0 bridgehead atoms. The average Bonchev–Trinajstić information content (AvgIpc) is 2.81. The van der Waals surface area contributed by atoms with Crippen molar-refractivity contribution in [2.45, 2.75) is 19.0 Å². The van der Waals surface area contributed by atoms with Gasteiger partial charge in [0.15, 0.2) is 0 Å². The monoisotopic (exact) mass is 292 g/mol. The Hall–Kier alpha value is -2.02. The number of aromatic nitrogens is 3. The number of hydrogen-bond acceptors (Lipinski definition) is 5. The van der Waals surface area contributed by atoms with Crippen LogP contribution in [-0.4, -0.2) is 33.6 Å². The van der Waals surface area contributed by atoms with E-state index in [2.05, 4.69) is 15.6 Å². The number of carbonyl (C=O) groups excluding carboxylic acids is 1. The van der Waals surface area contributed by atoms with Crippen molar-refractivity contribution in [1.29, 1.82) is 0 Å². The molecule has 0 spiro atoms. The summed E-state index contributed by atoms with van der Waals surface area (Å²) in [6, 6.07) is 6.98. The second-order valence-electron chi connectivity index (χ2n) is 3.97. The highest BCUT2D eigenvalue weighted by Gasteiger charge is 2.12. The third-order valence-electron chi connectivity index (χ3n) is 2.62. The first-order chi connectivity index (χ1) is 9.65. The fourth-order valence-electron chi connectivity index (χ4n) is 1.64. The molecule has 1 N–H and O–H groups in total. The van der Waals surface area contributed by atoms with Crippen LogP contribution in [0.2, 0.25) is 0 Å². The molecular weight excluding hydrogens is 276 g/mol. The first-order valence-electron chi connectivity index (χ1n) is 6.16. The molecule has 0 aliphatic heterocycles. The number of amides is 1. The maximum absolute atomic E-state index is 12.2. The molecule has 1 aromatic carbocycles. The normalized spacial score (nSPS) is 10.3. The molecule has 0 radical (unpaired) electrons. The highest BCUT2D eigenvalue weighted by Crippen LogP contribution is 2.14. The number of ether oxygens (including phenoxy) is 1. The SMILES string of the molecule is CCOc1ccc(C(=O)Nn2c(C)nnc2SC)cc1. The van der Waals surface area contributed by atoms with E-state index < -0.39 is 0 Å². The van der Waals surface area contributed by atoms with Crippen LogP contribution in [0.4, 0.5) is 0 Å². The first kappa shape index (κ1) is 14.4. The van der Waals surface area contributed by atoms with Crippen molar-refractivity contribution >= 4 is 17.7 Å². The Balaban J connectivity index is 2.13. The standard InChI is InChI=1S/C13H16N4O2S/c1-4-19-11-7-5-10(6-8-11)12(18)16-17-9(2)14-15-13(17)20-3/h5-8H,4H2,1-3H3,(H,16,18). The van der Waals surface area contributed by atoms with Crippen molar-refractivity contribution in [2.24, 2.45) is 0 Å². The molecule has 0 saturated carbocycles. The van der Waals surface area contributed by atoms with Crippen LogP contribution < -0.4 is 10.2 Å². The van der Waals surface area contributed by atoms with Gasteiger partial charge in [-0.15, -0.1) is 10.2 Å². The lowest BCUT2D eigenvalue weighted by atomic mass is 10.2. The zero-order valence-corrected chi connectivity index (χ0v) is 12.4. The molecule has 6 nitrogen and oxygen atoms in total. The van der Waals surface area contributed by atoms with Gasteiger partial charge in [0.2, 0.25) is 5.16 Å². The molecule has 0 fully saturated rings. The van der Waals surface area contributed by atoms with Gasteiger partial charge in [-0.05, 0) is 44.4 Å². The summed E-state index contributed by atoms with van der Waals surface area (Å²) in [6.45, 7) is 4.30. The number of hydrogen-bond donors (Lipinski definition) is 1. The van der Waals surface area contributed by atoms with E-state index in [0.29, 0.717) is 23.2 Å². The van der Waals surface area contributed by atoms with Crippen LogP contribution in [0.25, 0.3) is 0 Å². The summed E-state index contributed by atoms with van der Waals surface area (Å²) in [7, 11) is 0. The minimum atomic E-state index is -0.216. The van der Waals surface area contributed by atoms with Crippen LogP contribution >= 0.6 is 11.8 Å². The lowest BCUT2D eigenvalue weighted by molar-refractivity contribution is 0.100. The van der Waals surface area contributed by atoms with Gasteiger partial charge >= 0.3 is 0 Å². The highest BCUT2D eigenvalue weighted by atomic mass is 32.2. The summed E-state index contributed by atoms with van der Waals surface area (Å²) in [5, 5.41) is 8.53. The second-order valence-corrected chi connectivity index (χ2v) is 4.74. The summed E-state index contributed by atoms with van der Waals surface area (Å²) in [4.78, 5) is 12.2. The van der Waals surface area contributed by atoms with E-state index in [4.69, 9.17) is 4.74 Å². The summed E-state index contributed by atoms with van der Waals surface area (Å²) in [5.41, 5.74) is 3.32. The van der Waals surface area contributed by atoms with Gasteiger partial charge in [0.05, 0.1) is 6.61 Å². The Morgan fingerprint density at radius 3 is 2.65 bits per heavy atom. The van der Waals surface area contributed by atoms with Crippen LogP contribution in [0.5, 0.6) is 5.75 Å². The molecule has 0 aliphatic carbocycles. The zero-order chi connectivity index (χ0) is 14.5. The quantitative estimate of drug-likeness (QED) is 0.855. The molecule has 0 saturated heterocycles. The van der Waals surface area contributed by atoms with Gasteiger partial charge in [-0.2, -0.15) is 0 Å². The van der Waals surface area contributed by atoms with Crippen LogP contribution in [0.1, 0.15) is 23.1 Å². The van der Waals surface area contributed by atoms with E-state index in [1.807, 2.05) is 13.2 Å². The highest BCUT2D eigenvalue weighted by molar-refractivity contribution is 7.98. The fraction of sp³-hybridized carbons (Fsp3) is 0.308. The number of aryl methyl sites for hydroxylation is 1. The van der Waals surface area contributed by atoms with Gasteiger partial charge in [0, 0.05) is 5.56 Å². The summed E-state index contributed by atoms with van der Waals surface area (Å²) < 4.78 is 6.91. The second kappa shape index (κ2) is 6.42. The first-order valence-corrected chi connectivity index (χ1v) is 7.38. The van der Waals surface area contributed by atoms with Crippen molar-refractivity contribution in [3.05, 3.63) is 35.7 Å². The number of nitrogens with zero attached hydrogens (tertiary/aromatic N) is 3. The molecule has 20 heavy (non-hydrogen) atoms. The Kier molecular flexibility index (Phi) is 4.62. The third kappa shape index (κ3) is 3.11. The number of benzene rings is 1. The molecule has 2 rings (SSSR count). The Morgan fingerprint density at radius 2 is 2.05 bits per heavy atom. The molecule has 2 aromatic rings. The smallest absolute Gasteiger partial charge is 0.270 e. The van der Waals surface area contributed by atoms with Crippen LogP contribution in [0, 0.1) is 6.92 Å². The predicted molar refractivity (Wildman–Crippen MR) is 77.8 cm³/mol. The molecule has 0 atom stereocenters. The molecule has 1 heterocycles. The van der Waals surface area contributed by atoms with Crippen LogP contribution in [0.15, 0.2) is 29.4 Å². The molecule has 0 aliphatic rings. The molecule has 0 unspecified atom stereocenters. The van der Waals surface area contributed by atoms with Crippen molar-refractivity contribution in [2.75, 3.05) is 18.3 Å². The molecule has 106 valence electrons. The van der Waals surface area contributed by atoms with Gasteiger partial charge in [-0.25, -0.2) is 4.68 Å². The summed E-state index contributed by atoms with van der Waals surface area (Å²) in [6.07, 6.45) is 1.88. The van der Waals surface area contributed by atoms with Crippen molar-refractivity contribution < 1.29 is 9.53 Å². The minimum Gasteiger partial charge on any atom is -0.494 e. The summed E-state index contributed by atoms with van der Waals surface area (Å²) >= 11 is 1.42. The maximum atomic E-state index is 12.2. The predicted octanol–water partition coefficient (Wildman–Crippen LogP) is 2.09.